The van der Waals surface area contributed by atoms with Crippen molar-refractivity contribution in [3.63, 3.8) is 0 Å². The third-order valence-electron chi connectivity index (χ3n) is 2.58. The Balaban J connectivity index is 2.64. The van der Waals surface area contributed by atoms with Crippen LogP contribution >= 0.6 is 0 Å². The first-order valence-electron chi connectivity index (χ1n) is 6.15. The first kappa shape index (κ1) is 14.2. The Morgan fingerprint density at radius 2 is 1.72 bits per heavy atom. The van der Waals surface area contributed by atoms with Crippen LogP contribution in [0, 0.1) is 0 Å². The van der Waals surface area contributed by atoms with Crippen LogP contribution < -0.4 is 0 Å². The molecule has 1 aromatic carbocycles. The van der Waals surface area contributed by atoms with Gasteiger partial charge in [-0.05, 0) is 23.1 Å². The third-order valence-corrected chi connectivity index (χ3v) is 2.58. The summed E-state index contributed by atoms with van der Waals surface area (Å²) in [6.07, 6.45) is 6.73. The van der Waals surface area contributed by atoms with Crippen molar-refractivity contribution in [2.24, 2.45) is 0 Å². The molecule has 0 amide bonds. The molecule has 0 bridgehead atoms. The Hall–Kier alpha value is -1.83. The quantitative estimate of drug-likeness (QED) is 0.738. The fourth-order valence-corrected chi connectivity index (χ4v) is 1.45. The first-order valence-corrected chi connectivity index (χ1v) is 6.15. The average Bonchev–Trinajstić information content (AvgIpc) is 2.34. The van der Waals surface area contributed by atoms with Crippen LogP contribution in [0.1, 0.15) is 30.9 Å². The zero-order valence-corrected chi connectivity index (χ0v) is 11.6. The molecule has 0 aliphatic rings. The van der Waals surface area contributed by atoms with E-state index in [2.05, 4.69) is 26.0 Å². The molecule has 0 spiro atoms. The van der Waals surface area contributed by atoms with Gasteiger partial charge in [0, 0.05) is 26.4 Å². The largest absolute Gasteiger partial charge is 0.383 e. The standard InChI is InChI=1S/C16H21NO/c1-13(2)15-8-5-14(6-9-15)7-10-16(18)11-12-17(3)4/h5-13H,1-4H3/b10-7+,12-11+. The van der Waals surface area contributed by atoms with E-state index >= 15 is 0 Å². The van der Waals surface area contributed by atoms with Crippen molar-refractivity contribution in [1.82, 2.24) is 4.90 Å². The van der Waals surface area contributed by atoms with Gasteiger partial charge in [0.2, 0.25) is 0 Å². The molecule has 2 nitrogen and oxygen atoms in total. The molecule has 0 atom stereocenters. The molecule has 1 aromatic rings. The summed E-state index contributed by atoms with van der Waals surface area (Å²) in [5.41, 5.74) is 2.36. The normalized spacial score (nSPS) is 11.6. The van der Waals surface area contributed by atoms with Crippen molar-refractivity contribution in [2.75, 3.05) is 14.1 Å². The summed E-state index contributed by atoms with van der Waals surface area (Å²) in [5.74, 6) is 0.532. The van der Waals surface area contributed by atoms with E-state index in [0.717, 1.165) is 5.56 Å². The van der Waals surface area contributed by atoms with E-state index in [1.54, 1.807) is 18.4 Å². The molecule has 96 valence electrons. The van der Waals surface area contributed by atoms with E-state index in [1.807, 2.05) is 37.2 Å². The average molecular weight is 243 g/mol. The Morgan fingerprint density at radius 1 is 1.11 bits per heavy atom. The third kappa shape index (κ3) is 5.00. The summed E-state index contributed by atoms with van der Waals surface area (Å²) in [7, 11) is 3.77. The highest BCUT2D eigenvalue weighted by molar-refractivity contribution is 6.01. The van der Waals surface area contributed by atoms with Gasteiger partial charge in [-0.15, -0.1) is 0 Å². The van der Waals surface area contributed by atoms with Crippen LogP contribution in [0.15, 0.2) is 42.6 Å². The van der Waals surface area contributed by atoms with Crippen molar-refractivity contribution in [2.45, 2.75) is 19.8 Å². The van der Waals surface area contributed by atoms with Crippen molar-refractivity contribution in [3.8, 4) is 0 Å². The molecule has 0 saturated heterocycles. The molecular weight excluding hydrogens is 222 g/mol. The summed E-state index contributed by atoms with van der Waals surface area (Å²) in [6, 6.07) is 8.28. The molecule has 18 heavy (non-hydrogen) atoms. The van der Waals surface area contributed by atoms with Crippen molar-refractivity contribution < 1.29 is 4.79 Å². The van der Waals surface area contributed by atoms with E-state index in [1.165, 1.54) is 5.56 Å². The summed E-state index contributed by atoms with van der Waals surface area (Å²) in [4.78, 5) is 13.3. The van der Waals surface area contributed by atoms with E-state index in [9.17, 15) is 4.79 Å². The highest BCUT2D eigenvalue weighted by Crippen LogP contribution is 2.15. The molecule has 1 rings (SSSR count). The monoisotopic (exact) mass is 243 g/mol. The lowest BCUT2D eigenvalue weighted by Gasteiger charge is -2.04. The Labute approximate surface area is 110 Å². The minimum atomic E-state index is -0.00311. The molecule has 0 aliphatic carbocycles. The maximum Gasteiger partial charge on any atom is 0.180 e. The van der Waals surface area contributed by atoms with Gasteiger partial charge in [0.25, 0.3) is 0 Å². The van der Waals surface area contributed by atoms with Gasteiger partial charge in [0.15, 0.2) is 5.78 Å². The molecule has 0 heterocycles. The van der Waals surface area contributed by atoms with Crippen LogP contribution in [0.5, 0.6) is 0 Å². The molecule has 0 fully saturated rings. The lowest BCUT2D eigenvalue weighted by Crippen LogP contribution is -2.01. The number of allylic oxidation sites excluding steroid dienone is 2. The summed E-state index contributed by atoms with van der Waals surface area (Å²) in [6.45, 7) is 4.33. The topological polar surface area (TPSA) is 20.3 Å². The predicted octanol–water partition coefficient (Wildman–Crippen LogP) is 3.47. The van der Waals surface area contributed by atoms with Crippen LogP contribution in [0.25, 0.3) is 6.08 Å². The van der Waals surface area contributed by atoms with Crippen LogP contribution in [0.4, 0.5) is 0 Å². The molecule has 0 radical (unpaired) electrons. The Bertz CT molecular complexity index is 439. The summed E-state index contributed by atoms with van der Waals surface area (Å²) >= 11 is 0. The fourth-order valence-electron chi connectivity index (χ4n) is 1.45. The molecule has 0 aliphatic heterocycles. The Kier molecular flexibility index (Phi) is 5.37. The lowest BCUT2D eigenvalue weighted by molar-refractivity contribution is -0.110. The maximum atomic E-state index is 11.5. The predicted molar refractivity (Wildman–Crippen MR) is 77.4 cm³/mol. The molecule has 0 unspecified atom stereocenters. The van der Waals surface area contributed by atoms with Crippen molar-refractivity contribution >= 4 is 11.9 Å². The van der Waals surface area contributed by atoms with Crippen molar-refractivity contribution in [3.05, 3.63) is 53.7 Å². The minimum absolute atomic E-state index is 0.00311. The number of benzene rings is 1. The second-order valence-electron chi connectivity index (χ2n) is 4.84. The number of hydrogen-bond donors (Lipinski definition) is 0. The molecule has 0 aromatic heterocycles. The fraction of sp³-hybridized carbons (Fsp3) is 0.312. The minimum Gasteiger partial charge on any atom is -0.383 e. The number of rotatable bonds is 5. The van der Waals surface area contributed by atoms with Crippen LogP contribution in [0.2, 0.25) is 0 Å². The SMILES string of the molecule is CC(C)c1ccc(/C=C/C(=O)/C=C/N(C)C)cc1. The lowest BCUT2D eigenvalue weighted by atomic mass is 10.0. The summed E-state index contributed by atoms with van der Waals surface area (Å²) < 4.78 is 0. The summed E-state index contributed by atoms with van der Waals surface area (Å²) in [5, 5.41) is 0. The second-order valence-corrected chi connectivity index (χ2v) is 4.84. The van der Waals surface area contributed by atoms with Gasteiger partial charge in [-0.2, -0.15) is 0 Å². The van der Waals surface area contributed by atoms with Crippen LogP contribution in [-0.2, 0) is 4.79 Å². The molecule has 0 N–H and O–H groups in total. The zero-order valence-electron chi connectivity index (χ0n) is 11.6. The Morgan fingerprint density at radius 3 is 2.22 bits per heavy atom. The van der Waals surface area contributed by atoms with E-state index in [-0.39, 0.29) is 5.78 Å². The molecule has 0 saturated carbocycles. The molecule has 2 heteroatoms. The van der Waals surface area contributed by atoms with Gasteiger partial charge in [-0.3, -0.25) is 4.79 Å². The van der Waals surface area contributed by atoms with E-state index in [4.69, 9.17) is 0 Å². The maximum absolute atomic E-state index is 11.5. The number of carbonyl (C=O) groups is 1. The number of hydrogen-bond acceptors (Lipinski definition) is 2. The first-order chi connectivity index (χ1) is 8.49. The van der Waals surface area contributed by atoms with Gasteiger partial charge < -0.3 is 4.90 Å². The molecular formula is C16H21NO. The number of carbonyl (C=O) groups excluding carboxylic acids is 1. The van der Waals surface area contributed by atoms with Gasteiger partial charge >= 0.3 is 0 Å². The smallest absolute Gasteiger partial charge is 0.180 e. The van der Waals surface area contributed by atoms with Crippen LogP contribution in [0.3, 0.4) is 0 Å². The van der Waals surface area contributed by atoms with E-state index in [0.29, 0.717) is 5.92 Å². The number of nitrogens with zero attached hydrogens (tertiary/aromatic N) is 1. The van der Waals surface area contributed by atoms with Gasteiger partial charge in [-0.1, -0.05) is 44.2 Å². The van der Waals surface area contributed by atoms with Gasteiger partial charge in [0.1, 0.15) is 0 Å². The zero-order chi connectivity index (χ0) is 13.5. The van der Waals surface area contributed by atoms with Crippen molar-refractivity contribution in [1.29, 1.82) is 0 Å². The number of ketones is 1. The van der Waals surface area contributed by atoms with Gasteiger partial charge in [0.05, 0.1) is 0 Å². The highest BCUT2D eigenvalue weighted by atomic mass is 16.1. The second kappa shape index (κ2) is 6.80. The van der Waals surface area contributed by atoms with Gasteiger partial charge in [-0.25, -0.2) is 0 Å². The van der Waals surface area contributed by atoms with E-state index < -0.39 is 0 Å². The highest BCUT2D eigenvalue weighted by Gasteiger charge is 1.97. The van der Waals surface area contributed by atoms with Crippen LogP contribution in [-0.4, -0.2) is 24.8 Å².